The van der Waals surface area contributed by atoms with Crippen molar-refractivity contribution in [3.8, 4) is 0 Å². The normalized spacial score (nSPS) is 14.3. The van der Waals surface area contributed by atoms with Crippen molar-refractivity contribution in [2.75, 3.05) is 18.0 Å². The number of carbonyl (C=O) groups excluding carboxylic acids is 1. The molecule has 1 aliphatic rings. The topological polar surface area (TPSA) is 109 Å². The van der Waals surface area contributed by atoms with Crippen molar-refractivity contribution in [3.63, 3.8) is 0 Å². The SMILES string of the molecule is NS(=O)(=O)c1ccc2c(c1)N(CCC(=O)c1c[nH]c3ncccc13)CCC2. The van der Waals surface area contributed by atoms with Crippen molar-refractivity contribution in [3.05, 3.63) is 53.9 Å². The zero-order valence-electron chi connectivity index (χ0n) is 14.7. The molecule has 1 aromatic carbocycles. The average molecular weight is 384 g/mol. The Morgan fingerprint density at radius 3 is 2.96 bits per heavy atom. The van der Waals surface area contributed by atoms with E-state index in [1.54, 1.807) is 24.5 Å². The number of H-pyrrole nitrogens is 1. The van der Waals surface area contributed by atoms with Gasteiger partial charge in [-0.1, -0.05) is 6.07 Å². The van der Waals surface area contributed by atoms with Crippen LogP contribution in [0, 0.1) is 0 Å². The molecule has 3 heterocycles. The summed E-state index contributed by atoms with van der Waals surface area (Å²) in [6.45, 7) is 1.30. The van der Waals surface area contributed by atoms with Crippen molar-refractivity contribution in [1.29, 1.82) is 0 Å². The van der Waals surface area contributed by atoms with Crippen LogP contribution in [-0.4, -0.2) is 37.3 Å². The Morgan fingerprint density at radius 2 is 2.15 bits per heavy atom. The summed E-state index contributed by atoms with van der Waals surface area (Å²) in [4.78, 5) is 22.1. The number of sulfonamides is 1. The molecular formula is C19H20N4O3S. The molecule has 0 amide bonds. The number of nitrogens with one attached hydrogen (secondary N) is 1. The van der Waals surface area contributed by atoms with Gasteiger partial charge in [-0.3, -0.25) is 4.79 Å². The molecule has 1 aliphatic heterocycles. The van der Waals surface area contributed by atoms with E-state index in [1.807, 2.05) is 18.2 Å². The first kappa shape index (κ1) is 17.7. The summed E-state index contributed by atoms with van der Waals surface area (Å²) in [5.74, 6) is 0.0315. The van der Waals surface area contributed by atoms with Gasteiger partial charge in [0.15, 0.2) is 5.78 Å². The summed E-state index contributed by atoms with van der Waals surface area (Å²) in [5.41, 5.74) is 3.26. The van der Waals surface area contributed by atoms with Gasteiger partial charge >= 0.3 is 0 Å². The summed E-state index contributed by atoms with van der Waals surface area (Å²) >= 11 is 0. The first-order valence-electron chi connectivity index (χ1n) is 8.79. The van der Waals surface area contributed by atoms with Crippen molar-refractivity contribution in [1.82, 2.24) is 9.97 Å². The maximum absolute atomic E-state index is 12.7. The molecule has 4 rings (SSSR count). The number of anilines is 1. The molecule has 8 heteroatoms. The van der Waals surface area contributed by atoms with Gasteiger partial charge < -0.3 is 9.88 Å². The number of hydrogen-bond acceptors (Lipinski definition) is 5. The van der Waals surface area contributed by atoms with Crippen LogP contribution in [0.15, 0.2) is 47.6 Å². The number of aromatic amines is 1. The molecule has 0 saturated carbocycles. The van der Waals surface area contributed by atoms with Gasteiger partial charge in [-0.15, -0.1) is 0 Å². The summed E-state index contributed by atoms with van der Waals surface area (Å²) in [6, 6.07) is 8.66. The molecule has 3 N–H and O–H groups in total. The number of hydrogen-bond donors (Lipinski definition) is 2. The van der Waals surface area contributed by atoms with Gasteiger partial charge in [0.1, 0.15) is 5.65 Å². The van der Waals surface area contributed by atoms with Crippen LogP contribution >= 0.6 is 0 Å². The Kier molecular flexibility index (Phi) is 4.45. The first-order valence-corrected chi connectivity index (χ1v) is 10.3. The van der Waals surface area contributed by atoms with Gasteiger partial charge in [-0.05, 0) is 42.7 Å². The molecule has 0 spiro atoms. The van der Waals surface area contributed by atoms with Gasteiger partial charge in [0.25, 0.3) is 0 Å². The molecule has 3 aromatic rings. The minimum atomic E-state index is -3.76. The third kappa shape index (κ3) is 3.45. The van der Waals surface area contributed by atoms with E-state index in [0.717, 1.165) is 36.0 Å². The number of benzene rings is 1. The number of nitrogens with zero attached hydrogens (tertiary/aromatic N) is 2. The maximum Gasteiger partial charge on any atom is 0.238 e. The molecule has 140 valence electrons. The van der Waals surface area contributed by atoms with Crippen molar-refractivity contribution in [2.24, 2.45) is 5.14 Å². The standard InChI is InChI=1S/C19H20N4O3S/c20-27(25,26)14-6-5-13-3-2-9-23(17(13)11-14)10-7-18(24)16-12-22-19-15(16)4-1-8-21-19/h1,4-6,8,11-12H,2-3,7,9-10H2,(H,21,22)(H2,20,25,26). The largest absolute Gasteiger partial charge is 0.371 e. The van der Waals surface area contributed by atoms with Gasteiger partial charge in [0.05, 0.1) is 4.90 Å². The molecule has 0 atom stereocenters. The Balaban J connectivity index is 1.55. The molecule has 0 unspecified atom stereocenters. The second-order valence-electron chi connectivity index (χ2n) is 6.70. The van der Waals surface area contributed by atoms with Gasteiger partial charge in [0, 0.05) is 48.5 Å². The fourth-order valence-corrected chi connectivity index (χ4v) is 4.13. The number of ketones is 1. The molecule has 2 aromatic heterocycles. The summed E-state index contributed by atoms with van der Waals surface area (Å²) < 4.78 is 23.3. The zero-order chi connectivity index (χ0) is 19.0. The minimum Gasteiger partial charge on any atom is -0.371 e. The van der Waals surface area contributed by atoms with Crippen LogP contribution in [0.25, 0.3) is 11.0 Å². The lowest BCUT2D eigenvalue weighted by molar-refractivity contribution is 0.0986. The highest BCUT2D eigenvalue weighted by Crippen LogP contribution is 2.30. The highest BCUT2D eigenvalue weighted by Gasteiger charge is 2.21. The van der Waals surface area contributed by atoms with Gasteiger partial charge in [0.2, 0.25) is 10.0 Å². The number of Topliss-reactive ketones (excluding diaryl/α,β-unsaturated/α-hetero) is 1. The van der Waals surface area contributed by atoms with E-state index in [0.29, 0.717) is 24.2 Å². The molecule has 0 radical (unpaired) electrons. The predicted molar refractivity (Wildman–Crippen MR) is 103 cm³/mol. The Labute approximate surface area is 157 Å². The Morgan fingerprint density at radius 1 is 1.30 bits per heavy atom. The highest BCUT2D eigenvalue weighted by molar-refractivity contribution is 7.89. The fourth-order valence-electron chi connectivity index (χ4n) is 3.60. The van der Waals surface area contributed by atoms with E-state index in [-0.39, 0.29) is 10.7 Å². The van der Waals surface area contributed by atoms with E-state index in [4.69, 9.17) is 5.14 Å². The molecule has 7 nitrogen and oxygen atoms in total. The van der Waals surface area contributed by atoms with Crippen molar-refractivity contribution >= 4 is 32.5 Å². The maximum atomic E-state index is 12.7. The van der Waals surface area contributed by atoms with E-state index in [1.165, 1.54) is 0 Å². The van der Waals surface area contributed by atoms with Crippen LogP contribution in [0.3, 0.4) is 0 Å². The van der Waals surface area contributed by atoms with Crippen molar-refractivity contribution < 1.29 is 13.2 Å². The number of aryl methyl sites for hydroxylation is 1. The second-order valence-corrected chi connectivity index (χ2v) is 8.26. The Bertz CT molecular complexity index is 1120. The van der Waals surface area contributed by atoms with Crippen LogP contribution < -0.4 is 10.0 Å². The van der Waals surface area contributed by atoms with E-state index in [9.17, 15) is 13.2 Å². The summed E-state index contributed by atoms with van der Waals surface area (Å²) in [7, 11) is -3.76. The predicted octanol–water partition coefficient (Wildman–Crippen LogP) is 2.24. The van der Waals surface area contributed by atoms with Crippen LogP contribution in [0.1, 0.15) is 28.8 Å². The number of carbonyl (C=O) groups is 1. The lowest BCUT2D eigenvalue weighted by atomic mass is 10.0. The molecule has 27 heavy (non-hydrogen) atoms. The van der Waals surface area contributed by atoms with E-state index in [2.05, 4.69) is 14.9 Å². The number of rotatable bonds is 5. The quantitative estimate of drug-likeness (QED) is 0.656. The number of fused-ring (bicyclic) bond motifs is 2. The number of aromatic nitrogens is 2. The highest BCUT2D eigenvalue weighted by atomic mass is 32.2. The third-order valence-corrected chi connectivity index (χ3v) is 5.87. The zero-order valence-corrected chi connectivity index (χ0v) is 15.5. The van der Waals surface area contributed by atoms with Gasteiger partial charge in [-0.2, -0.15) is 0 Å². The summed E-state index contributed by atoms with van der Waals surface area (Å²) in [6.07, 6.45) is 5.57. The van der Waals surface area contributed by atoms with Crippen molar-refractivity contribution in [2.45, 2.75) is 24.2 Å². The van der Waals surface area contributed by atoms with Crippen LogP contribution in [-0.2, 0) is 16.4 Å². The molecular weight excluding hydrogens is 364 g/mol. The lowest BCUT2D eigenvalue weighted by Crippen LogP contribution is -2.31. The lowest BCUT2D eigenvalue weighted by Gasteiger charge is -2.31. The van der Waals surface area contributed by atoms with Crippen LogP contribution in [0.4, 0.5) is 5.69 Å². The third-order valence-electron chi connectivity index (χ3n) is 4.96. The fraction of sp³-hybridized carbons (Fsp3) is 0.263. The molecule has 0 saturated heterocycles. The smallest absolute Gasteiger partial charge is 0.238 e. The second kappa shape index (κ2) is 6.79. The van der Waals surface area contributed by atoms with Crippen LogP contribution in [0.2, 0.25) is 0 Å². The first-order chi connectivity index (χ1) is 12.9. The number of primary sulfonamides is 1. The van der Waals surface area contributed by atoms with E-state index < -0.39 is 10.0 Å². The summed E-state index contributed by atoms with van der Waals surface area (Å²) in [5, 5.41) is 6.08. The molecule has 0 fully saturated rings. The number of pyridine rings is 1. The van der Waals surface area contributed by atoms with Crippen LogP contribution in [0.5, 0.6) is 0 Å². The monoisotopic (exact) mass is 384 g/mol. The minimum absolute atomic E-state index is 0.0315. The molecule has 0 aliphatic carbocycles. The Hall–Kier alpha value is -2.71. The van der Waals surface area contributed by atoms with E-state index >= 15 is 0 Å². The number of nitrogens with two attached hydrogens (primary N) is 1. The molecule has 0 bridgehead atoms. The average Bonchev–Trinajstić information content (AvgIpc) is 3.09. The van der Waals surface area contributed by atoms with Gasteiger partial charge in [-0.25, -0.2) is 18.5 Å².